The van der Waals surface area contributed by atoms with E-state index >= 15 is 0 Å². The molecule has 2 fully saturated rings. The van der Waals surface area contributed by atoms with Crippen LogP contribution in [0.5, 0.6) is 0 Å². The number of rotatable bonds is 2. The minimum atomic E-state index is -0.365. The van der Waals surface area contributed by atoms with Crippen LogP contribution in [0.3, 0.4) is 0 Å². The summed E-state index contributed by atoms with van der Waals surface area (Å²) in [5, 5.41) is 0. The van der Waals surface area contributed by atoms with Crippen molar-refractivity contribution in [2.75, 3.05) is 13.1 Å². The fraction of sp³-hybridized carbons (Fsp3) is 0.467. The van der Waals surface area contributed by atoms with Crippen molar-refractivity contribution in [2.45, 2.75) is 31.8 Å². The molecule has 21 heavy (non-hydrogen) atoms. The first-order chi connectivity index (χ1) is 10.1. The molecule has 1 atom stereocenters. The van der Waals surface area contributed by atoms with Crippen LogP contribution < -0.4 is 0 Å². The summed E-state index contributed by atoms with van der Waals surface area (Å²) in [6.45, 7) is 0.856. The van der Waals surface area contributed by atoms with Gasteiger partial charge in [0.1, 0.15) is 18.4 Å². The number of carbonyl (C=O) groups excluding carboxylic acids is 2. The van der Waals surface area contributed by atoms with E-state index in [1.807, 2.05) is 0 Å². The van der Waals surface area contributed by atoms with Crippen molar-refractivity contribution in [1.29, 1.82) is 0 Å². The Labute approximate surface area is 131 Å². The number of fused-ring (bicyclic) bond motifs is 1. The Hall–Kier alpha value is -1.43. The Morgan fingerprint density at radius 1 is 1.29 bits per heavy atom. The molecular formula is C15H16BrFN2O2. The SMILES string of the molecule is O=C1C2CCCCN2C(=O)CN1Cc1ccc(Br)cc1F. The van der Waals surface area contributed by atoms with Gasteiger partial charge in [-0.3, -0.25) is 9.59 Å². The number of nitrogens with zero attached hydrogens (tertiary/aromatic N) is 2. The zero-order valence-electron chi connectivity index (χ0n) is 11.5. The average molecular weight is 355 g/mol. The highest BCUT2D eigenvalue weighted by Gasteiger charge is 2.40. The van der Waals surface area contributed by atoms with E-state index in [9.17, 15) is 14.0 Å². The molecule has 0 N–H and O–H groups in total. The molecule has 0 saturated carbocycles. The van der Waals surface area contributed by atoms with E-state index in [-0.39, 0.29) is 36.8 Å². The molecule has 2 amide bonds. The van der Waals surface area contributed by atoms with E-state index in [0.29, 0.717) is 23.0 Å². The first-order valence-electron chi connectivity index (χ1n) is 7.08. The molecule has 0 radical (unpaired) electrons. The Kier molecular flexibility index (Phi) is 3.97. The van der Waals surface area contributed by atoms with Crippen molar-refractivity contribution in [3.05, 3.63) is 34.1 Å². The highest BCUT2D eigenvalue weighted by atomic mass is 79.9. The Morgan fingerprint density at radius 2 is 2.10 bits per heavy atom. The van der Waals surface area contributed by atoms with E-state index < -0.39 is 0 Å². The van der Waals surface area contributed by atoms with Gasteiger partial charge in [0.25, 0.3) is 0 Å². The number of piperazine rings is 1. The predicted octanol–water partition coefficient (Wildman–Crippen LogP) is 2.31. The summed E-state index contributed by atoms with van der Waals surface area (Å²) in [5.74, 6) is -0.455. The molecule has 112 valence electrons. The van der Waals surface area contributed by atoms with Crippen LogP contribution >= 0.6 is 15.9 Å². The van der Waals surface area contributed by atoms with Crippen LogP contribution in [0.2, 0.25) is 0 Å². The molecule has 0 bridgehead atoms. The van der Waals surface area contributed by atoms with Crippen LogP contribution in [0.1, 0.15) is 24.8 Å². The number of piperidine rings is 1. The lowest BCUT2D eigenvalue weighted by molar-refractivity contribution is -0.158. The summed E-state index contributed by atoms with van der Waals surface area (Å²) in [7, 11) is 0. The van der Waals surface area contributed by atoms with Gasteiger partial charge in [0.15, 0.2) is 0 Å². The van der Waals surface area contributed by atoms with Gasteiger partial charge in [-0.2, -0.15) is 0 Å². The van der Waals surface area contributed by atoms with Crippen LogP contribution in [-0.4, -0.2) is 40.7 Å². The van der Waals surface area contributed by atoms with Gasteiger partial charge < -0.3 is 9.80 Å². The highest BCUT2D eigenvalue weighted by Crippen LogP contribution is 2.25. The maximum Gasteiger partial charge on any atom is 0.246 e. The molecule has 1 unspecified atom stereocenters. The number of carbonyl (C=O) groups is 2. The largest absolute Gasteiger partial charge is 0.329 e. The normalized spacial score (nSPS) is 22.5. The fourth-order valence-corrected chi connectivity index (χ4v) is 3.35. The lowest BCUT2D eigenvalue weighted by Crippen LogP contribution is -2.60. The monoisotopic (exact) mass is 354 g/mol. The molecule has 3 rings (SSSR count). The molecule has 0 aliphatic carbocycles. The average Bonchev–Trinajstić information content (AvgIpc) is 2.47. The molecule has 1 aromatic rings. The van der Waals surface area contributed by atoms with Crippen molar-refractivity contribution in [2.24, 2.45) is 0 Å². The third-order valence-corrected chi connectivity index (χ3v) is 4.62. The second-order valence-corrected chi connectivity index (χ2v) is 6.44. The molecule has 1 aromatic carbocycles. The lowest BCUT2D eigenvalue weighted by Gasteiger charge is -2.42. The van der Waals surface area contributed by atoms with Crippen LogP contribution in [0.25, 0.3) is 0 Å². The van der Waals surface area contributed by atoms with Crippen molar-refractivity contribution < 1.29 is 14.0 Å². The van der Waals surface area contributed by atoms with Gasteiger partial charge in [-0.05, 0) is 31.4 Å². The highest BCUT2D eigenvalue weighted by molar-refractivity contribution is 9.10. The van der Waals surface area contributed by atoms with E-state index in [2.05, 4.69) is 15.9 Å². The smallest absolute Gasteiger partial charge is 0.246 e. The molecule has 2 aliphatic rings. The quantitative estimate of drug-likeness (QED) is 0.817. The minimum absolute atomic E-state index is 0.0307. The van der Waals surface area contributed by atoms with E-state index in [4.69, 9.17) is 0 Å². The molecule has 0 aromatic heterocycles. The van der Waals surface area contributed by atoms with Gasteiger partial charge in [-0.15, -0.1) is 0 Å². The van der Waals surface area contributed by atoms with Crippen LogP contribution in [-0.2, 0) is 16.1 Å². The minimum Gasteiger partial charge on any atom is -0.329 e. The summed E-state index contributed by atoms with van der Waals surface area (Å²) < 4.78 is 14.6. The standard InChI is InChI=1S/C15H16BrFN2O2/c16-11-5-4-10(12(17)7-11)8-18-9-14(20)19-6-2-1-3-13(19)15(18)21/h4-5,7,13H,1-3,6,8-9H2. The van der Waals surface area contributed by atoms with Gasteiger partial charge in [-0.1, -0.05) is 22.0 Å². The van der Waals surface area contributed by atoms with Gasteiger partial charge in [0.05, 0.1) is 0 Å². The van der Waals surface area contributed by atoms with Crippen molar-refractivity contribution in [1.82, 2.24) is 9.80 Å². The number of amides is 2. The molecule has 2 heterocycles. The maximum atomic E-state index is 13.9. The summed E-state index contributed by atoms with van der Waals surface area (Å²) >= 11 is 3.21. The Bertz CT molecular complexity index is 593. The second-order valence-electron chi connectivity index (χ2n) is 5.53. The third kappa shape index (κ3) is 2.81. The summed E-state index contributed by atoms with van der Waals surface area (Å²) in [6.07, 6.45) is 2.63. The van der Waals surface area contributed by atoms with Crippen LogP contribution in [0.15, 0.2) is 22.7 Å². The summed E-state index contributed by atoms with van der Waals surface area (Å²) in [6, 6.07) is 4.41. The second kappa shape index (κ2) is 5.75. The van der Waals surface area contributed by atoms with E-state index in [1.165, 1.54) is 11.0 Å². The fourth-order valence-electron chi connectivity index (χ4n) is 3.02. The molecule has 2 saturated heterocycles. The number of halogens is 2. The first kappa shape index (κ1) is 14.5. The van der Waals surface area contributed by atoms with E-state index in [1.54, 1.807) is 17.0 Å². The van der Waals surface area contributed by atoms with Gasteiger partial charge >= 0.3 is 0 Å². The van der Waals surface area contributed by atoms with Crippen LogP contribution in [0.4, 0.5) is 4.39 Å². The Balaban J connectivity index is 1.79. The van der Waals surface area contributed by atoms with E-state index in [0.717, 1.165) is 12.8 Å². The predicted molar refractivity (Wildman–Crippen MR) is 78.9 cm³/mol. The summed E-state index contributed by atoms with van der Waals surface area (Å²) in [4.78, 5) is 27.8. The molecular weight excluding hydrogens is 339 g/mol. The Morgan fingerprint density at radius 3 is 2.86 bits per heavy atom. The van der Waals surface area contributed by atoms with Crippen molar-refractivity contribution in [3.63, 3.8) is 0 Å². The molecule has 0 spiro atoms. The van der Waals surface area contributed by atoms with Gasteiger partial charge in [0.2, 0.25) is 11.8 Å². The zero-order valence-corrected chi connectivity index (χ0v) is 13.1. The molecule has 4 nitrogen and oxygen atoms in total. The summed E-state index contributed by atoms with van der Waals surface area (Å²) in [5.41, 5.74) is 0.434. The molecule has 6 heteroatoms. The number of hydrogen-bond acceptors (Lipinski definition) is 2. The van der Waals surface area contributed by atoms with Crippen molar-refractivity contribution >= 4 is 27.7 Å². The number of hydrogen-bond donors (Lipinski definition) is 0. The molecule has 2 aliphatic heterocycles. The van der Waals surface area contributed by atoms with Gasteiger partial charge in [0, 0.05) is 23.1 Å². The van der Waals surface area contributed by atoms with Crippen molar-refractivity contribution in [3.8, 4) is 0 Å². The lowest BCUT2D eigenvalue weighted by atomic mass is 9.98. The topological polar surface area (TPSA) is 40.6 Å². The zero-order chi connectivity index (χ0) is 15.0. The van der Waals surface area contributed by atoms with Crippen LogP contribution in [0, 0.1) is 5.82 Å². The maximum absolute atomic E-state index is 13.9. The van der Waals surface area contributed by atoms with Gasteiger partial charge in [-0.25, -0.2) is 4.39 Å². The number of benzene rings is 1. The first-order valence-corrected chi connectivity index (χ1v) is 7.88. The third-order valence-electron chi connectivity index (χ3n) is 4.12.